The van der Waals surface area contributed by atoms with E-state index in [1.807, 2.05) is 0 Å². The highest BCUT2D eigenvalue weighted by molar-refractivity contribution is 6.28. The molecule has 0 amide bonds. The Balaban J connectivity index is 2.47. The standard InChI is InChI=1S/C10H5ClF3N3/c11-9-16-2-1-8(17-9)6-3-7(5-15-4-6)10(12,13)14/h1-5H. The Kier molecular flexibility index (Phi) is 2.97. The van der Waals surface area contributed by atoms with Gasteiger partial charge in [-0.05, 0) is 23.7 Å². The molecule has 0 bridgehead atoms. The molecule has 0 aliphatic heterocycles. The van der Waals surface area contributed by atoms with E-state index < -0.39 is 11.7 Å². The minimum Gasteiger partial charge on any atom is -0.263 e. The second-order valence-corrected chi connectivity index (χ2v) is 3.51. The molecule has 0 aliphatic carbocycles. The molecule has 0 saturated carbocycles. The highest BCUT2D eigenvalue weighted by atomic mass is 35.5. The Morgan fingerprint density at radius 3 is 2.59 bits per heavy atom. The van der Waals surface area contributed by atoms with Crippen molar-refractivity contribution in [1.29, 1.82) is 0 Å². The average molecular weight is 260 g/mol. The summed E-state index contributed by atoms with van der Waals surface area (Å²) in [5.74, 6) is 0. The van der Waals surface area contributed by atoms with Crippen LogP contribution in [-0.2, 0) is 6.18 Å². The molecule has 2 aromatic rings. The molecule has 0 aromatic carbocycles. The molecule has 0 fully saturated rings. The van der Waals surface area contributed by atoms with E-state index >= 15 is 0 Å². The van der Waals surface area contributed by atoms with Gasteiger partial charge in [-0.1, -0.05) is 0 Å². The lowest BCUT2D eigenvalue weighted by Crippen LogP contribution is -2.05. The van der Waals surface area contributed by atoms with Gasteiger partial charge in [0, 0.05) is 24.2 Å². The van der Waals surface area contributed by atoms with Crippen molar-refractivity contribution >= 4 is 11.6 Å². The van der Waals surface area contributed by atoms with Gasteiger partial charge in [-0.3, -0.25) is 4.98 Å². The second-order valence-electron chi connectivity index (χ2n) is 3.17. The molecule has 2 aromatic heterocycles. The van der Waals surface area contributed by atoms with Gasteiger partial charge in [-0.25, -0.2) is 9.97 Å². The Labute approximate surface area is 99.3 Å². The van der Waals surface area contributed by atoms with Crippen LogP contribution >= 0.6 is 11.6 Å². The van der Waals surface area contributed by atoms with Gasteiger partial charge in [0.15, 0.2) is 0 Å². The van der Waals surface area contributed by atoms with Crippen molar-refractivity contribution in [3.05, 3.63) is 41.6 Å². The zero-order valence-electron chi connectivity index (χ0n) is 8.24. The van der Waals surface area contributed by atoms with Crippen molar-refractivity contribution in [2.24, 2.45) is 0 Å². The summed E-state index contributed by atoms with van der Waals surface area (Å²) in [5.41, 5.74) is -0.294. The van der Waals surface area contributed by atoms with Gasteiger partial charge in [0.1, 0.15) is 0 Å². The summed E-state index contributed by atoms with van der Waals surface area (Å²) in [6.07, 6.45) is -1.02. The fourth-order valence-corrected chi connectivity index (χ4v) is 1.38. The summed E-state index contributed by atoms with van der Waals surface area (Å²) in [6, 6.07) is 2.43. The molecule has 0 spiro atoms. The van der Waals surface area contributed by atoms with Crippen molar-refractivity contribution in [2.45, 2.75) is 6.18 Å². The van der Waals surface area contributed by atoms with E-state index in [0.717, 1.165) is 12.3 Å². The quantitative estimate of drug-likeness (QED) is 0.738. The number of alkyl halides is 3. The Hall–Kier alpha value is -1.69. The van der Waals surface area contributed by atoms with Gasteiger partial charge in [0.05, 0.1) is 11.3 Å². The average Bonchev–Trinajstić information content (AvgIpc) is 2.28. The van der Waals surface area contributed by atoms with Crippen LogP contribution in [0.2, 0.25) is 5.28 Å². The first kappa shape index (κ1) is 11.8. The lowest BCUT2D eigenvalue weighted by Gasteiger charge is -2.07. The van der Waals surface area contributed by atoms with Crippen LogP contribution in [-0.4, -0.2) is 15.0 Å². The molecule has 17 heavy (non-hydrogen) atoms. The molecule has 0 radical (unpaired) electrons. The summed E-state index contributed by atoms with van der Waals surface area (Å²) in [4.78, 5) is 11.0. The molecule has 0 N–H and O–H groups in total. The van der Waals surface area contributed by atoms with Crippen molar-refractivity contribution in [2.75, 3.05) is 0 Å². The van der Waals surface area contributed by atoms with Crippen LogP contribution in [0.25, 0.3) is 11.3 Å². The maximum atomic E-state index is 12.5. The van der Waals surface area contributed by atoms with Crippen molar-refractivity contribution in [1.82, 2.24) is 15.0 Å². The highest BCUT2D eigenvalue weighted by Crippen LogP contribution is 2.30. The number of nitrogens with zero attached hydrogens (tertiary/aromatic N) is 3. The normalized spacial score (nSPS) is 11.5. The fourth-order valence-electron chi connectivity index (χ4n) is 1.23. The first-order chi connectivity index (χ1) is 7.97. The molecule has 3 nitrogen and oxygen atoms in total. The summed E-state index contributed by atoms with van der Waals surface area (Å²) in [6.45, 7) is 0. The predicted octanol–water partition coefficient (Wildman–Crippen LogP) is 3.21. The van der Waals surface area contributed by atoms with E-state index in [1.54, 1.807) is 0 Å². The van der Waals surface area contributed by atoms with E-state index in [9.17, 15) is 13.2 Å². The maximum Gasteiger partial charge on any atom is 0.417 e. The Morgan fingerprint density at radius 2 is 1.94 bits per heavy atom. The van der Waals surface area contributed by atoms with Crippen LogP contribution in [0, 0.1) is 0 Å². The van der Waals surface area contributed by atoms with E-state index in [4.69, 9.17) is 11.6 Å². The van der Waals surface area contributed by atoms with Gasteiger partial charge in [0.2, 0.25) is 5.28 Å². The zero-order chi connectivity index (χ0) is 12.5. The first-order valence-electron chi connectivity index (χ1n) is 4.48. The molecule has 2 heterocycles. The zero-order valence-corrected chi connectivity index (χ0v) is 9.00. The van der Waals surface area contributed by atoms with Crippen LogP contribution in [0.3, 0.4) is 0 Å². The van der Waals surface area contributed by atoms with Gasteiger partial charge in [-0.2, -0.15) is 13.2 Å². The number of aromatic nitrogens is 3. The van der Waals surface area contributed by atoms with E-state index in [1.165, 1.54) is 18.5 Å². The molecule has 7 heteroatoms. The Bertz CT molecular complexity index is 542. The number of hydrogen-bond acceptors (Lipinski definition) is 3. The molecule has 0 atom stereocenters. The summed E-state index contributed by atoms with van der Waals surface area (Å²) in [5, 5.41) is -0.0279. The van der Waals surface area contributed by atoms with Crippen LogP contribution < -0.4 is 0 Å². The summed E-state index contributed by atoms with van der Waals surface area (Å²) in [7, 11) is 0. The topological polar surface area (TPSA) is 38.7 Å². The fraction of sp³-hybridized carbons (Fsp3) is 0.100. The number of rotatable bonds is 1. The maximum absolute atomic E-state index is 12.5. The molecule has 2 rings (SSSR count). The smallest absolute Gasteiger partial charge is 0.263 e. The largest absolute Gasteiger partial charge is 0.417 e. The first-order valence-corrected chi connectivity index (χ1v) is 4.86. The number of pyridine rings is 1. The van der Waals surface area contributed by atoms with Gasteiger partial charge < -0.3 is 0 Å². The predicted molar refractivity (Wildman–Crippen MR) is 55.3 cm³/mol. The van der Waals surface area contributed by atoms with E-state index in [0.29, 0.717) is 5.69 Å². The summed E-state index contributed by atoms with van der Waals surface area (Å²) >= 11 is 5.56. The second kappa shape index (κ2) is 4.29. The van der Waals surface area contributed by atoms with Crippen molar-refractivity contribution in [3.8, 4) is 11.3 Å². The lowest BCUT2D eigenvalue weighted by atomic mass is 10.1. The van der Waals surface area contributed by atoms with E-state index in [-0.39, 0.29) is 10.8 Å². The molecule has 0 unspecified atom stereocenters. The van der Waals surface area contributed by atoms with Gasteiger partial charge in [0.25, 0.3) is 0 Å². The minimum absolute atomic E-state index is 0.0279. The van der Waals surface area contributed by atoms with Gasteiger partial charge >= 0.3 is 6.18 Å². The third-order valence-electron chi connectivity index (χ3n) is 1.99. The lowest BCUT2D eigenvalue weighted by molar-refractivity contribution is -0.137. The van der Waals surface area contributed by atoms with Crippen LogP contribution in [0.5, 0.6) is 0 Å². The highest BCUT2D eigenvalue weighted by Gasteiger charge is 2.31. The molecular weight excluding hydrogens is 255 g/mol. The summed E-state index contributed by atoms with van der Waals surface area (Å²) < 4.78 is 37.4. The Morgan fingerprint density at radius 1 is 1.18 bits per heavy atom. The van der Waals surface area contributed by atoms with Crippen LogP contribution in [0.1, 0.15) is 5.56 Å². The van der Waals surface area contributed by atoms with Crippen LogP contribution in [0.15, 0.2) is 30.7 Å². The van der Waals surface area contributed by atoms with Gasteiger partial charge in [-0.15, -0.1) is 0 Å². The van der Waals surface area contributed by atoms with Crippen molar-refractivity contribution < 1.29 is 13.2 Å². The number of hydrogen-bond donors (Lipinski definition) is 0. The third-order valence-corrected chi connectivity index (χ3v) is 2.17. The number of halogens is 4. The SMILES string of the molecule is FC(F)(F)c1cncc(-c2ccnc(Cl)n2)c1. The van der Waals surface area contributed by atoms with Crippen molar-refractivity contribution in [3.63, 3.8) is 0 Å². The molecule has 0 saturated heterocycles. The molecule has 0 aliphatic rings. The minimum atomic E-state index is -4.43. The third kappa shape index (κ3) is 2.71. The molecular formula is C10H5ClF3N3. The van der Waals surface area contributed by atoms with E-state index in [2.05, 4.69) is 15.0 Å². The molecule has 88 valence electrons. The monoisotopic (exact) mass is 259 g/mol. The van der Waals surface area contributed by atoms with Crippen LogP contribution in [0.4, 0.5) is 13.2 Å².